The highest BCUT2D eigenvalue weighted by Crippen LogP contribution is 2.62. The van der Waals surface area contributed by atoms with Crippen LogP contribution in [-0.2, 0) is 0 Å². The number of nitrogens with zero attached hydrogens (tertiary/aromatic N) is 1. The van der Waals surface area contributed by atoms with Crippen LogP contribution in [0.3, 0.4) is 0 Å². The molecule has 26 heavy (non-hydrogen) atoms. The molecule has 2 atom stereocenters. The second-order valence-electron chi connectivity index (χ2n) is 7.02. The molecule has 1 heterocycles. The molecule has 3 N–H and O–H groups in total. The molecule has 0 saturated carbocycles. The molecule has 2 aromatic rings. The van der Waals surface area contributed by atoms with E-state index in [1.165, 1.54) is 0 Å². The molecular formula is C20H28N2O3S. The van der Waals surface area contributed by atoms with E-state index in [1.54, 1.807) is 4.31 Å². The summed E-state index contributed by atoms with van der Waals surface area (Å²) in [5, 5.41) is 3.38. The van der Waals surface area contributed by atoms with Crippen LogP contribution in [0.1, 0.15) is 27.2 Å². The lowest BCUT2D eigenvalue weighted by atomic mass is 10.1. The van der Waals surface area contributed by atoms with Crippen molar-refractivity contribution in [3.8, 4) is 5.75 Å². The van der Waals surface area contributed by atoms with Crippen molar-refractivity contribution in [1.82, 2.24) is 5.32 Å². The average molecular weight is 377 g/mol. The molecule has 1 aliphatic heterocycles. The van der Waals surface area contributed by atoms with Crippen molar-refractivity contribution in [2.45, 2.75) is 38.7 Å². The smallest absolute Gasteiger partial charge is 0.209 e. The van der Waals surface area contributed by atoms with Gasteiger partial charge in [0.1, 0.15) is 11.4 Å². The van der Waals surface area contributed by atoms with Gasteiger partial charge in [-0.2, -0.15) is 0 Å². The minimum Gasteiger partial charge on any atom is -0.466 e. The van der Waals surface area contributed by atoms with Crippen molar-refractivity contribution in [3.63, 3.8) is 0 Å². The first-order chi connectivity index (χ1) is 12.4. The van der Waals surface area contributed by atoms with Gasteiger partial charge in [-0.15, -0.1) is 0 Å². The lowest BCUT2D eigenvalue weighted by molar-refractivity contribution is 0.187. The Morgan fingerprint density at radius 1 is 1.04 bits per heavy atom. The molecule has 5 nitrogen and oxygen atoms in total. The van der Waals surface area contributed by atoms with Gasteiger partial charge in [-0.1, -0.05) is 61.9 Å². The van der Waals surface area contributed by atoms with E-state index in [0.717, 1.165) is 18.7 Å². The third-order valence-corrected chi connectivity index (χ3v) is 6.64. The summed E-state index contributed by atoms with van der Waals surface area (Å²) in [4.78, 5) is 0. The highest BCUT2D eigenvalue weighted by atomic mass is 32.3. The van der Waals surface area contributed by atoms with Gasteiger partial charge in [0.15, 0.2) is 0 Å². The largest absolute Gasteiger partial charge is 0.466 e. The van der Waals surface area contributed by atoms with E-state index in [4.69, 9.17) is 4.74 Å². The predicted molar refractivity (Wildman–Crippen MR) is 109 cm³/mol. The first kappa shape index (κ1) is 19.0. The van der Waals surface area contributed by atoms with E-state index in [1.807, 2.05) is 61.5 Å². The van der Waals surface area contributed by atoms with Gasteiger partial charge in [0.2, 0.25) is 5.44 Å². The normalized spacial score (nSPS) is 21.0. The molecule has 0 spiro atoms. The Kier molecular flexibility index (Phi) is 5.77. The van der Waals surface area contributed by atoms with Crippen molar-refractivity contribution in [1.29, 1.82) is 0 Å². The molecule has 1 aliphatic rings. The van der Waals surface area contributed by atoms with Crippen LogP contribution in [0, 0.1) is 5.92 Å². The molecule has 0 radical (unpaired) electrons. The van der Waals surface area contributed by atoms with E-state index >= 15 is 0 Å². The molecule has 0 bridgehead atoms. The molecule has 3 rings (SSSR count). The SMILES string of the molecule is CC(C)NCCC(C)C1Oc2ccccc2N(c2ccccc2)S1(O)O. The number of nitrogens with one attached hydrogen (secondary N) is 1. The van der Waals surface area contributed by atoms with Gasteiger partial charge >= 0.3 is 0 Å². The second-order valence-corrected chi connectivity index (χ2v) is 8.97. The van der Waals surface area contributed by atoms with Crippen LogP contribution < -0.4 is 14.4 Å². The number of hydrogen-bond donors (Lipinski definition) is 3. The lowest BCUT2D eigenvalue weighted by Crippen LogP contribution is -2.43. The average Bonchev–Trinajstić information content (AvgIpc) is 2.61. The summed E-state index contributed by atoms with van der Waals surface area (Å²) < 4.78 is 30.1. The standard InChI is InChI=1S/C20H28N2O3S/c1-15(2)21-14-13-16(3)20-25-19-12-8-7-11-18(19)22(26(20,23)24)17-9-5-4-6-10-17/h4-12,15-16,20-21,23-24H,13-14H2,1-3H3. The van der Waals surface area contributed by atoms with Gasteiger partial charge in [-0.25, -0.2) is 4.31 Å². The zero-order chi connectivity index (χ0) is 18.7. The molecule has 6 heteroatoms. The fourth-order valence-electron chi connectivity index (χ4n) is 3.18. The maximum Gasteiger partial charge on any atom is 0.209 e. The minimum absolute atomic E-state index is 0.0224. The quantitative estimate of drug-likeness (QED) is 0.644. The summed E-state index contributed by atoms with van der Waals surface area (Å²) >= 11 is 0. The Morgan fingerprint density at radius 2 is 1.69 bits per heavy atom. The van der Waals surface area contributed by atoms with Gasteiger partial charge in [-0.3, -0.25) is 9.11 Å². The lowest BCUT2D eigenvalue weighted by Gasteiger charge is -2.53. The summed E-state index contributed by atoms with van der Waals surface area (Å²) in [6.45, 7) is 7.02. The van der Waals surface area contributed by atoms with Crippen LogP contribution in [0.5, 0.6) is 5.75 Å². The third-order valence-electron chi connectivity index (χ3n) is 4.52. The number of rotatable bonds is 6. The van der Waals surface area contributed by atoms with Crippen LogP contribution in [0.15, 0.2) is 54.6 Å². The van der Waals surface area contributed by atoms with E-state index in [0.29, 0.717) is 17.5 Å². The Bertz CT molecular complexity index is 724. The molecular weight excluding hydrogens is 348 g/mol. The Hall–Kier alpha value is -1.73. The number of benzene rings is 2. The van der Waals surface area contributed by atoms with E-state index in [2.05, 4.69) is 19.2 Å². The monoisotopic (exact) mass is 376 g/mol. The van der Waals surface area contributed by atoms with Crippen LogP contribution in [0.25, 0.3) is 0 Å². The van der Waals surface area contributed by atoms with Gasteiger partial charge in [0.25, 0.3) is 0 Å². The molecule has 0 fully saturated rings. The minimum atomic E-state index is -3.20. The Morgan fingerprint density at radius 3 is 2.38 bits per heavy atom. The maximum atomic E-state index is 11.2. The zero-order valence-electron chi connectivity index (χ0n) is 15.5. The van der Waals surface area contributed by atoms with Gasteiger partial charge in [0, 0.05) is 12.0 Å². The molecule has 2 aromatic carbocycles. The summed E-state index contributed by atoms with van der Waals surface area (Å²) in [5.41, 5.74) is 0.745. The number of fused-ring (bicyclic) bond motifs is 1. The van der Waals surface area contributed by atoms with Crippen molar-refractivity contribution in [3.05, 3.63) is 54.6 Å². The number of hydrogen-bond acceptors (Lipinski definition) is 5. The molecule has 0 aliphatic carbocycles. The zero-order valence-corrected chi connectivity index (χ0v) is 16.3. The molecule has 0 saturated heterocycles. The van der Waals surface area contributed by atoms with Gasteiger partial charge in [0.05, 0.1) is 5.69 Å². The van der Waals surface area contributed by atoms with Crippen molar-refractivity contribution in [2.24, 2.45) is 5.92 Å². The predicted octanol–water partition coefficient (Wildman–Crippen LogP) is 5.23. The van der Waals surface area contributed by atoms with Crippen molar-refractivity contribution in [2.75, 3.05) is 10.8 Å². The first-order valence-electron chi connectivity index (χ1n) is 9.02. The van der Waals surface area contributed by atoms with Gasteiger partial charge in [-0.05, 0) is 37.2 Å². The van der Waals surface area contributed by atoms with Crippen LogP contribution in [-0.4, -0.2) is 27.1 Å². The van der Waals surface area contributed by atoms with Crippen LogP contribution >= 0.6 is 10.8 Å². The number of ether oxygens (including phenoxy) is 1. The molecule has 0 aromatic heterocycles. The highest BCUT2D eigenvalue weighted by molar-refractivity contribution is 8.26. The summed E-state index contributed by atoms with van der Waals surface area (Å²) in [7, 11) is -3.20. The molecule has 2 unspecified atom stereocenters. The third kappa shape index (κ3) is 3.83. The Balaban J connectivity index is 1.93. The van der Waals surface area contributed by atoms with Gasteiger partial charge < -0.3 is 10.1 Å². The maximum absolute atomic E-state index is 11.2. The fraction of sp³-hybridized carbons (Fsp3) is 0.400. The number of para-hydroxylation sites is 3. The first-order valence-corrected chi connectivity index (χ1v) is 10.6. The summed E-state index contributed by atoms with van der Waals surface area (Å²) in [6.07, 6.45) is 0.795. The van der Waals surface area contributed by atoms with Crippen LogP contribution in [0.4, 0.5) is 11.4 Å². The Labute approximate surface area is 157 Å². The van der Waals surface area contributed by atoms with E-state index in [-0.39, 0.29) is 5.92 Å². The van der Waals surface area contributed by atoms with E-state index in [9.17, 15) is 9.11 Å². The molecule has 142 valence electrons. The molecule has 0 amide bonds. The fourth-order valence-corrected chi connectivity index (χ4v) is 5.26. The van der Waals surface area contributed by atoms with Crippen molar-refractivity contribution >= 4 is 22.2 Å². The number of anilines is 2. The topological polar surface area (TPSA) is 65.0 Å². The summed E-state index contributed by atoms with van der Waals surface area (Å²) in [6, 6.07) is 17.4. The highest BCUT2D eigenvalue weighted by Gasteiger charge is 2.43. The van der Waals surface area contributed by atoms with Crippen LogP contribution in [0.2, 0.25) is 0 Å². The second kappa shape index (κ2) is 7.88. The van der Waals surface area contributed by atoms with E-state index < -0.39 is 16.2 Å². The van der Waals surface area contributed by atoms with Crippen molar-refractivity contribution < 1.29 is 13.8 Å². The summed E-state index contributed by atoms with van der Waals surface area (Å²) in [5.74, 6) is 0.655.